The zero-order valence-electron chi connectivity index (χ0n) is 8.53. The first-order valence-electron chi connectivity index (χ1n) is 4.38. The molecule has 1 rings (SSSR count). The highest BCUT2D eigenvalue weighted by Crippen LogP contribution is 2.15. The van der Waals surface area contributed by atoms with Crippen molar-refractivity contribution >= 4 is 29.0 Å². The Kier molecular flexibility index (Phi) is 4.08. The van der Waals surface area contributed by atoms with Crippen molar-refractivity contribution in [2.45, 2.75) is 0 Å². The molecule has 0 unspecified atom stereocenters. The molecule has 0 fully saturated rings. The number of hydrogen-bond donors (Lipinski definition) is 2. The van der Waals surface area contributed by atoms with E-state index in [9.17, 15) is 9.90 Å². The minimum absolute atomic E-state index is 0.188. The number of aliphatic hydroxyl groups excluding tert-OH is 1. The number of benzene rings is 1. The fraction of sp³-hybridized carbons (Fsp3) is 0.0909. The van der Waals surface area contributed by atoms with Crippen molar-refractivity contribution in [1.29, 1.82) is 5.41 Å². The number of hydrogen-bond acceptors (Lipinski definition) is 4. The lowest BCUT2D eigenvalue weighted by Gasteiger charge is -2.01. The molecular weight excluding hydrogens is 230 g/mol. The molecule has 0 aromatic heterocycles. The van der Waals surface area contributed by atoms with Crippen molar-refractivity contribution in [3.05, 3.63) is 40.9 Å². The molecule has 0 saturated carbocycles. The molecule has 16 heavy (non-hydrogen) atoms. The van der Waals surface area contributed by atoms with E-state index in [1.54, 1.807) is 24.3 Å². The SMILES string of the molecule is COC(=O)C(=N)/C=C(\O)c1ccc(Cl)cc1. The summed E-state index contributed by atoms with van der Waals surface area (Å²) in [5, 5.41) is 17.4. The monoisotopic (exact) mass is 239 g/mol. The topological polar surface area (TPSA) is 70.4 Å². The first kappa shape index (κ1) is 12.3. The quantitative estimate of drug-likeness (QED) is 0.484. The maximum atomic E-state index is 10.9. The Labute approximate surface area is 97.6 Å². The molecular formula is C11H10ClNO3. The third-order valence-corrected chi connectivity index (χ3v) is 2.08. The number of methoxy groups -OCH3 is 1. The van der Waals surface area contributed by atoms with Gasteiger partial charge in [0.2, 0.25) is 0 Å². The van der Waals surface area contributed by atoms with E-state index in [4.69, 9.17) is 17.0 Å². The zero-order chi connectivity index (χ0) is 12.1. The van der Waals surface area contributed by atoms with Gasteiger partial charge in [0.05, 0.1) is 7.11 Å². The van der Waals surface area contributed by atoms with E-state index in [1.807, 2.05) is 0 Å². The molecule has 0 aliphatic carbocycles. The Morgan fingerprint density at radius 2 is 2.00 bits per heavy atom. The van der Waals surface area contributed by atoms with E-state index in [1.165, 1.54) is 7.11 Å². The second-order valence-electron chi connectivity index (χ2n) is 2.94. The van der Waals surface area contributed by atoms with Gasteiger partial charge in [0.25, 0.3) is 0 Å². The Balaban J connectivity index is 2.89. The van der Waals surface area contributed by atoms with Crippen LogP contribution in [0.3, 0.4) is 0 Å². The average Bonchev–Trinajstić information content (AvgIpc) is 2.28. The molecule has 0 heterocycles. The highest BCUT2D eigenvalue weighted by molar-refractivity contribution is 6.40. The Morgan fingerprint density at radius 3 is 2.50 bits per heavy atom. The van der Waals surface area contributed by atoms with Crippen LogP contribution in [0.15, 0.2) is 30.3 Å². The van der Waals surface area contributed by atoms with Crippen LogP contribution in [-0.4, -0.2) is 23.9 Å². The highest BCUT2D eigenvalue weighted by Gasteiger charge is 2.08. The van der Waals surface area contributed by atoms with Gasteiger partial charge >= 0.3 is 5.97 Å². The van der Waals surface area contributed by atoms with E-state index < -0.39 is 11.7 Å². The fourth-order valence-corrected chi connectivity index (χ4v) is 1.14. The molecule has 0 saturated heterocycles. The van der Waals surface area contributed by atoms with Gasteiger partial charge in [-0.25, -0.2) is 4.79 Å². The van der Waals surface area contributed by atoms with Gasteiger partial charge in [0.1, 0.15) is 11.5 Å². The second kappa shape index (κ2) is 5.32. The van der Waals surface area contributed by atoms with Crippen LogP contribution in [0.5, 0.6) is 0 Å². The molecule has 4 nitrogen and oxygen atoms in total. The van der Waals surface area contributed by atoms with Gasteiger partial charge in [-0.2, -0.15) is 0 Å². The van der Waals surface area contributed by atoms with Gasteiger partial charge in [0, 0.05) is 16.7 Å². The van der Waals surface area contributed by atoms with Gasteiger partial charge in [-0.3, -0.25) is 5.41 Å². The lowest BCUT2D eigenvalue weighted by molar-refractivity contribution is -0.132. The van der Waals surface area contributed by atoms with E-state index in [0.717, 1.165) is 6.08 Å². The number of nitrogens with one attached hydrogen (secondary N) is 1. The molecule has 1 aromatic rings. The molecule has 0 aliphatic heterocycles. The highest BCUT2D eigenvalue weighted by atomic mass is 35.5. The molecule has 1 aromatic carbocycles. The molecule has 2 N–H and O–H groups in total. The number of carbonyl (C=O) groups is 1. The first-order chi connectivity index (χ1) is 7.54. The second-order valence-corrected chi connectivity index (χ2v) is 3.38. The van der Waals surface area contributed by atoms with Crippen LogP contribution in [0.2, 0.25) is 5.02 Å². The largest absolute Gasteiger partial charge is 0.507 e. The average molecular weight is 240 g/mol. The number of rotatable bonds is 3. The molecule has 0 spiro atoms. The van der Waals surface area contributed by atoms with Crippen LogP contribution in [0, 0.1) is 5.41 Å². The Bertz CT molecular complexity index is 437. The van der Waals surface area contributed by atoms with Crippen molar-refractivity contribution in [2.24, 2.45) is 0 Å². The summed E-state index contributed by atoms with van der Waals surface area (Å²) < 4.78 is 4.33. The van der Waals surface area contributed by atoms with Crippen molar-refractivity contribution in [3.63, 3.8) is 0 Å². The van der Waals surface area contributed by atoms with E-state index in [2.05, 4.69) is 4.74 Å². The van der Waals surface area contributed by atoms with Crippen LogP contribution in [-0.2, 0) is 9.53 Å². The van der Waals surface area contributed by atoms with Crippen LogP contribution in [0.1, 0.15) is 5.56 Å². The van der Waals surface area contributed by atoms with Gasteiger partial charge < -0.3 is 9.84 Å². The summed E-state index contributed by atoms with van der Waals surface area (Å²) in [4.78, 5) is 10.9. The molecule has 0 aliphatic rings. The number of ether oxygens (including phenoxy) is 1. The van der Waals surface area contributed by atoms with E-state index >= 15 is 0 Å². The maximum Gasteiger partial charge on any atom is 0.356 e. The van der Waals surface area contributed by atoms with Crippen LogP contribution < -0.4 is 0 Å². The zero-order valence-corrected chi connectivity index (χ0v) is 9.28. The predicted molar refractivity (Wildman–Crippen MR) is 61.8 cm³/mol. The summed E-state index contributed by atoms with van der Waals surface area (Å²) in [6.45, 7) is 0. The maximum absolute atomic E-state index is 10.9. The number of carbonyl (C=O) groups excluding carboxylic acids is 1. The van der Waals surface area contributed by atoms with E-state index in [-0.39, 0.29) is 5.76 Å². The lowest BCUT2D eigenvalue weighted by atomic mass is 10.1. The standard InChI is InChI=1S/C11H10ClNO3/c1-16-11(15)9(13)6-10(14)7-2-4-8(12)5-3-7/h2-6,13-14H,1H3/b10-6-,13-9?. The normalized spacial score (nSPS) is 11.0. The summed E-state index contributed by atoms with van der Waals surface area (Å²) in [5.41, 5.74) is 0.0491. The number of aliphatic hydroxyl groups is 1. The summed E-state index contributed by atoms with van der Waals surface area (Å²) in [7, 11) is 1.17. The smallest absolute Gasteiger partial charge is 0.356 e. The molecule has 0 bridgehead atoms. The minimum atomic E-state index is -0.805. The molecule has 0 radical (unpaired) electrons. The van der Waals surface area contributed by atoms with Gasteiger partial charge in [0.15, 0.2) is 0 Å². The Hall–Kier alpha value is -1.81. The summed E-state index contributed by atoms with van der Waals surface area (Å²) in [5.74, 6) is -0.993. The summed E-state index contributed by atoms with van der Waals surface area (Å²) >= 11 is 5.68. The van der Waals surface area contributed by atoms with Crippen molar-refractivity contribution in [1.82, 2.24) is 0 Å². The molecule has 5 heteroatoms. The predicted octanol–water partition coefficient (Wildman–Crippen LogP) is 2.43. The van der Waals surface area contributed by atoms with E-state index in [0.29, 0.717) is 10.6 Å². The fourth-order valence-electron chi connectivity index (χ4n) is 1.01. The van der Waals surface area contributed by atoms with Crippen molar-refractivity contribution < 1.29 is 14.6 Å². The third kappa shape index (κ3) is 3.10. The number of esters is 1. The van der Waals surface area contributed by atoms with Gasteiger partial charge in [-0.15, -0.1) is 0 Å². The van der Waals surface area contributed by atoms with Gasteiger partial charge in [-0.05, 0) is 24.3 Å². The minimum Gasteiger partial charge on any atom is -0.507 e. The Morgan fingerprint density at radius 1 is 1.44 bits per heavy atom. The molecule has 0 amide bonds. The van der Waals surface area contributed by atoms with Crippen LogP contribution in [0.4, 0.5) is 0 Å². The van der Waals surface area contributed by atoms with Crippen molar-refractivity contribution in [2.75, 3.05) is 7.11 Å². The number of halogens is 1. The lowest BCUT2D eigenvalue weighted by Crippen LogP contribution is -2.12. The third-order valence-electron chi connectivity index (χ3n) is 1.83. The van der Waals surface area contributed by atoms with Crippen LogP contribution >= 0.6 is 11.6 Å². The van der Waals surface area contributed by atoms with Crippen molar-refractivity contribution in [3.8, 4) is 0 Å². The first-order valence-corrected chi connectivity index (χ1v) is 4.76. The molecule has 0 atom stereocenters. The van der Waals surface area contributed by atoms with Crippen LogP contribution in [0.25, 0.3) is 5.76 Å². The van der Waals surface area contributed by atoms with Gasteiger partial charge in [-0.1, -0.05) is 11.6 Å². The summed E-state index contributed by atoms with van der Waals surface area (Å²) in [6, 6.07) is 6.36. The summed E-state index contributed by atoms with van der Waals surface area (Å²) in [6.07, 6.45) is 1.02. The molecule has 84 valence electrons.